The van der Waals surface area contributed by atoms with Crippen molar-refractivity contribution in [2.24, 2.45) is 7.05 Å². The number of nitrogens with one attached hydrogen (secondary N) is 1. The molecule has 1 fully saturated rings. The molecule has 0 radical (unpaired) electrons. The van der Waals surface area contributed by atoms with Gasteiger partial charge in [0.1, 0.15) is 0 Å². The van der Waals surface area contributed by atoms with E-state index in [0.29, 0.717) is 0 Å². The van der Waals surface area contributed by atoms with E-state index in [0.717, 1.165) is 17.9 Å². The molecule has 0 amide bonds. The first-order valence-corrected chi connectivity index (χ1v) is 6.89. The van der Waals surface area contributed by atoms with Crippen LogP contribution in [0.25, 0.3) is 0 Å². The first-order valence-electron chi connectivity index (χ1n) is 6.89. The second-order valence-corrected chi connectivity index (χ2v) is 5.08. The van der Waals surface area contributed by atoms with Crippen LogP contribution in [0.15, 0.2) is 36.5 Å². The molecule has 2 heterocycles. The molecule has 0 spiro atoms. The van der Waals surface area contributed by atoms with Crippen LogP contribution in [0, 0.1) is 0 Å². The van der Waals surface area contributed by atoms with Crippen LogP contribution in [-0.4, -0.2) is 22.9 Å². The Balaban J connectivity index is 1.59. The fourth-order valence-electron chi connectivity index (χ4n) is 2.52. The summed E-state index contributed by atoms with van der Waals surface area (Å²) in [6, 6.07) is 10.7. The van der Waals surface area contributed by atoms with Crippen molar-refractivity contribution in [2.45, 2.75) is 19.4 Å². The molecule has 4 heteroatoms. The van der Waals surface area contributed by atoms with Crippen LogP contribution in [-0.2, 0) is 13.6 Å². The molecule has 3 rings (SSSR count). The molecule has 0 bridgehead atoms. The summed E-state index contributed by atoms with van der Waals surface area (Å²) in [5, 5.41) is 7.75. The normalized spacial score (nSPS) is 14.9. The van der Waals surface area contributed by atoms with Gasteiger partial charge in [0.25, 0.3) is 0 Å². The fourth-order valence-corrected chi connectivity index (χ4v) is 2.52. The average molecular weight is 256 g/mol. The molecule has 0 atom stereocenters. The second-order valence-electron chi connectivity index (χ2n) is 5.08. The number of hydrogen-bond donors (Lipinski definition) is 1. The fraction of sp³-hybridized carbons (Fsp3) is 0.400. The van der Waals surface area contributed by atoms with Crippen LogP contribution < -0.4 is 10.2 Å². The van der Waals surface area contributed by atoms with Gasteiger partial charge in [0.15, 0.2) is 0 Å². The smallest absolute Gasteiger partial charge is 0.0815 e. The summed E-state index contributed by atoms with van der Waals surface area (Å²) in [6.45, 7) is 3.16. The minimum atomic E-state index is 0.768. The summed E-state index contributed by atoms with van der Waals surface area (Å²) in [6.07, 6.45) is 4.60. The lowest BCUT2D eigenvalue weighted by Crippen LogP contribution is -2.17. The van der Waals surface area contributed by atoms with Gasteiger partial charge in [-0.15, -0.1) is 0 Å². The molecule has 1 aliphatic rings. The van der Waals surface area contributed by atoms with E-state index in [1.165, 1.54) is 31.6 Å². The van der Waals surface area contributed by atoms with E-state index < -0.39 is 0 Å². The quantitative estimate of drug-likeness (QED) is 0.913. The predicted molar refractivity (Wildman–Crippen MR) is 78.4 cm³/mol. The zero-order valence-electron chi connectivity index (χ0n) is 11.3. The highest BCUT2D eigenvalue weighted by atomic mass is 15.3. The molecule has 19 heavy (non-hydrogen) atoms. The summed E-state index contributed by atoms with van der Waals surface area (Å²) in [4.78, 5) is 2.45. The van der Waals surface area contributed by atoms with Gasteiger partial charge in [-0.25, -0.2) is 0 Å². The van der Waals surface area contributed by atoms with E-state index in [1.54, 1.807) is 0 Å². The van der Waals surface area contributed by atoms with Crippen molar-refractivity contribution in [1.82, 2.24) is 9.78 Å². The maximum absolute atomic E-state index is 4.35. The van der Waals surface area contributed by atoms with Crippen LogP contribution in [0.1, 0.15) is 18.5 Å². The summed E-state index contributed by atoms with van der Waals surface area (Å²) in [5.74, 6) is 0. The van der Waals surface area contributed by atoms with Crippen LogP contribution >= 0.6 is 0 Å². The maximum Gasteiger partial charge on any atom is 0.0815 e. The standard InChI is InChI=1S/C15H20N4/c1-18-11-8-14(17-18)12-16-13-4-6-15(7-5-13)19-9-2-3-10-19/h4-8,11,16H,2-3,9-10,12H2,1H3. The molecule has 4 nitrogen and oxygen atoms in total. The third-order valence-corrected chi connectivity index (χ3v) is 3.58. The van der Waals surface area contributed by atoms with Gasteiger partial charge >= 0.3 is 0 Å². The lowest BCUT2D eigenvalue weighted by atomic mass is 10.2. The molecule has 1 aromatic heterocycles. The van der Waals surface area contributed by atoms with Gasteiger partial charge in [-0.3, -0.25) is 4.68 Å². The number of hydrogen-bond acceptors (Lipinski definition) is 3. The van der Waals surface area contributed by atoms with Crippen molar-refractivity contribution in [1.29, 1.82) is 0 Å². The minimum Gasteiger partial charge on any atom is -0.379 e. The average Bonchev–Trinajstić information content (AvgIpc) is 3.08. The summed E-state index contributed by atoms with van der Waals surface area (Å²) < 4.78 is 1.83. The summed E-state index contributed by atoms with van der Waals surface area (Å²) in [5.41, 5.74) is 3.54. The van der Waals surface area contributed by atoms with E-state index in [-0.39, 0.29) is 0 Å². The van der Waals surface area contributed by atoms with Crippen molar-refractivity contribution in [3.63, 3.8) is 0 Å². The Kier molecular flexibility index (Phi) is 3.40. The third kappa shape index (κ3) is 2.89. The largest absolute Gasteiger partial charge is 0.379 e. The van der Waals surface area contributed by atoms with Crippen molar-refractivity contribution in [3.05, 3.63) is 42.2 Å². The van der Waals surface area contributed by atoms with Gasteiger partial charge < -0.3 is 10.2 Å². The lowest BCUT2D eigenvalue weighted by Gasteiger charge is -2.17. The Morgan fingerprint density at radius 1 is 1.11 bits per heavy atom. The molecule has 2 aromatic rings. The first kappa shape index (κ1) is 12.1. The molecule has 0 saturated carbocycles. The number of aryl methyl sites for hydroxylation is 1. The van der Waals surface area contributed by atoms with Crippen molar-refractivity contribution in [2.75, 3.05) is 23.3 Å². The zero-order chi connectivity index (χ0) is 13.1. The molecule has 0 unspecified atom stereocenters. The molecule has 1 aliphatic heterocycles. The van der Waals surface area contributed by atoms with Crippen LogP contribution in [0.5, 0.6) is 0 Å². The zero-order valence-corrected chi connectivity index (χ0v) is 11.3. The number of benzene rings is 1. The molecule has 1 saturated heterocycles. The van der Waals surface area contributed by atoms with E-state index in [4.69, 9.17) is 0 Å². The van der Waals surface area contributed by atoms with E-state index in [1.807, 2.05) is 24.0 Å². The van der Waals surface area contributed by atoms with E-state index in [9.17, 15) is 0 Å². The topological polar surface area (TPSA) is 33.1 Å². The van der Waals surface area contributed by atoms with Gasteiger partial charge in [-0.1, -0.05) is 0 Å². The van der Waals surface area contributed by atoms with Crippen LogP contribution in [0.4, 0.5) is 11.4 Å². The maximum atomic E-state index is 4.35. The molecule has 1 N–H and O–H groups in total. The van der Waals surface area contributed by atoms with Gasteiger partial charge in [-0.05, 0) is 43.2 Å². The molecular formula is C15H20N4. The molecule has 100 valence electrons. The highest BCUT2D eigenvalue weighted by molar-refractivity contribution is 5.55. The molecular weight excluding hydrogens is 236 g/mol. The highest BCUT2D eigenvalue weighted by Crippen LogP contribution is 2.22. The number of rotatable bonds is 4. The van der Waals surface area contributed by atoms with Gasteiger partial charge in [0.05, 0.1) is 12.2 Å². The Morgan fingerprint density at radius 2 is 1.84 bits per heavy atom. The van der Waals surface area contributed by atoms with Crippen molar-refractivity contribution >= 4 is 11.4 Å². The Bertz CT molecular complexity index is 523. The summed E-state index contributed by atoms with van der Waals surface area (Å²) in [7, 11) is 1.94. The SMILES string of the molecule is Cn1ccc(CNc2ccc(N3CCCC3)cc2)n1. The molecule has 0 aliphatic carbocycles. The molecule has 1 aromatic carbocycles. The van der Waals surface area contributed by atoms with Crippen molar-refractivity contribution < 1.29 is 0 Å². The minimum absolute atomic E-state index is 0.768. The number of anilines is 2. The van der Waals surface area contributed by atoms with Crippen LogP contribution in [0.2, 0.25) is 0 Å². The van der Waals surface area contributed by atoms with Crippen LogP contribution in [0.3, 0.4) is 0 Å². The predicted octanol–water partition coefficient (Wildman–Crippen LogP) is 2.63. The first-order chi connectivity index (χ1) is 9.31. The van der Waals surface area contributed by atoms with Gasteiger partial charge in [0.2, 0.25) is 0 Å². The highest BCUT2D eigenvalue weighted by Gasteiger charge is 2.11. The van der Waals surface area contributed by atoms with Gasteiger partial charge in [-0.2, -0.15) is 5.10 Å². The third-order valence-electron chi connectivity index (χ3n) is 3.58. The Hall–Kier alpha value is -1.97. The Labute approximate surface area is 114 Å². The van der Waals surface area contributed by atoms with Crippen molar-refractivity contribution in [3.8, 4) is 0 Å². The number of nitrogens with zero attached hydrogens (tertiary/aromatic N) is 3. The van der Waals surface area contributed by atoms with E-state index in [2.05, 4.69) is 39.6 Å². The van der Waals surface area contributed by atoms with Gasteiger partial charge in [0, 0.05) is 37.7 Å². The van der Waals surface area contributed by atoms with E-state index >= 15 is 0 Å². The lowest BCUT2D eigenvalue weighted by molar-refractivity contribution is 0.747. The summed E-state index contributed by atoms with van der Waals surface area (Å²) >= 11 is 0. The monoisotopic (exact) mass is 256 g/mol. The Morgan fingerprint density at radius 3 is 2.47 bits per heavy atom. The second kappa shape index (κ2) is 5.34. The number of aromatic nitrogens is 2.